The van der Waals surface area contributed by atoms with Gasteiger partial charge in [-0.25, -0.2) is 8.42 Å². The van der Waals surface area contributed by atoms with Crippen LogP contribution in [0.15, 0.2) is 65.6 Å². The summed E-state index contributed by atoms with van der Waals surface area (Å²) in [6, 6.07) is 16.6. The van der Waals surface area contributed by atoms with Gasteiger partial charge in [-0.05, 0) is 24.1 Å². The lowest BCUT2D eigenvalue weighted by atomic mass is 10.1. The number of nitrogens with zero attached hydrogens (tertiary/aromatic N) is 1. The third-order valence-electron chi connectivity index (χ3n) is 4.78. The molecule has 7 nitrogen and oxygen atoms in total. The van der Waals surface area contributed by atoms with Crippen molar-refractivity contribution in [2.24, 2.45) is 0 Å². The van der Waals surface area contributed by atoms with Gasteiger partial charge in [-0.2, -0.15) is 4.72 Å². The van der Waals surface area contributed by atoms with Crippen molar-refractivity contribution in [3.63, 3.8) is 0 Å². The molecule has 1 fully saturated rings. The van der Waals surface area contributed by atoms with Gasteiger partial charge in [0.25, 0.3) is 0 Å². The van der Waals surface area contributed by atoms with Crippen LogP contribution in [0.3, 0.4) is 0 Å². The summed E-state index contributed by atoms with van der Waals surface area (Å²) in [5.74, 6) is -0.332. The molecule has 1 saturated heterocycles. The standard InChI is InChI=1S/C21H27N3O4S/c25-21(22-11-12-24-13-15-28-16-14-24)20(17-18-7-3-1-4-8-18)23-29(26,27)19-9-5-2-6-10-19/h1-10,20,23H,11-17H2,(H,22,25)/t20-/m1/s1. The SMILES string of the molecule is O=C(NCCN1CCOCC1)[C@@H](Cc1ccccc1)NS(=O)(=O)c1ccccc1. The van der Waals surface area contributed by atoms with Crippen LogP contribution in [0.25, 0.3) is 0 Å². The van der Waals surface area contributed by atoms with E-state index in [1.165, 1.54) is 12.1 Å². The van der Waals surface area contributed by atoms with Crippen molar-refractivity contribution in [3.8, 4) is 0 Å². The molecule has 1 aliphatic heterocycles. The Balaban J connectivity index is 1.66. The monoisotopic (exact) mass is 417 g/mol. The van der Waals surface area contributed by atoms with Crippen LogP contribution in [0.4, 0.5) is 0 Å². The van der Waals surface area contributed by atoms with E-state index in [0.717, 1.165) is 18.7 Å². The fourth-order valence-corrected chi connectivity index (χ4v) is 4.39. The smallest absolute Gasteiger partial charge is 0.241 e. The molecule has 1 atom stereocenters. The van der Waals surface area contributed by atoms with E-state index in [9.17, 15) is 13.2 Å². The van der Waals surface area contributed by atoms with Gasteiger partial charge in [-0.1, -0.05) is 48.5 Å². The molecule has 8 heteroatoms. The summed E-state index contributed by atoms with van der Waals surface area (Å²) in [4.78, 5) is 15.2. The van der Waals surface area contributed by atoms with Crippen molar-refractivity contribution < 1.29 is 17.9 Å². The van der Waals surface area contributed by atoms with E-state index in [-0.39, 0.29) is 17.2 Å². The van der Waals surface area contributed by atoms with Crippen molar-refractivity contribution in [2.45, 2.75) is 17.4 Å². The number of carbonyl (C=O) groups excluding carboxylic acids is 1. The second-order valence-electron chi connectivity index (χ2n) is 6.92. The van der Waals surface area contributed by atoms with Gasteiger partial charge in [0.15, 0.2) is 0 Å². The van der Waals surface area contributed by atoms with Gasteiger partial charge in [0.2, 0.25) is 15.9 Å². The largest absolute Gasteiger partial charge is 0.379 e. The Labute approximate surface area is 172 Å². The molecule has 0 spiro atoms. The van der Waals surface area contributed by atoms with Crippen LogP contribution < -0.4 is 10.0 Å². The van der Waals surface area contributed by atoms with Crippen LogP contribution in [0, 0.1) is 0 Å². The molecular formula is C21H27N3O4S. The number of hydrogen-bond acceptors (Lipinski definition) is 5. The lowest BCUT2D eigenvalue weighted by molar-refractivity contribution is -0.122. The zero-order valence-corrected chi connectivity index (χ0v) is 17.1. The third kappa shape index (κ3) is 6.64. The zero-order valence-electron chi connectivity index (χ0n) is 16.3. The topological polar surface area (TPSA) is 87.7 Å². The number of nitrogens with one attached hydrogen (secondary N) is 2. The fourth-order valence-electron chi connectivity index (χ4n) is 3.18. The molecule has 2 N–H and O–H groups in total. The summed E-state index contributed by atoms with van der Waals surface area (Å²) in [5.41, 5.74) is 0.886. The average Bonchev–Trinajstić information content (AvgIpc) is 2.75. The van der Waals surface area contributed by atoms with Gasteiger partial charge in [0, 0.05) is 26.2 Å². The van der Waals surface area contributed by atoms with Crippen molar-refractivity contribution >= 4 is 15.9 Å². The highest BCUT2D eigenvalue weighted by Crippen LogP contribution is 2.11. The number of hydrogen-bond donors (Lipinski definition) is 2. The first-order chi connectivity index (χ1) is 14.0. The second-order valence-corrected chi connectivity index (χ2v) is 8.64. The van der Waals surface area contributed by atoms with Crippen molar-refractivity contribution in [3.05, 3.63) is 66.2 Å². The van der Waals surface area contributed by atoms with E-state index in [2.05, 4.69) is 14.9 Å². The molecule has 0 aromatic heterocycles. The predicted octanol–water partition coefficient (Wildman–Crippen LogP) is 1.02. The van der Waals surface area contributed by atoms with Gasteiger partial charge < -0.3 is 10.1 Å². The molecule has 0 saturated carbocycles. The Morgan fingerprint density at radius 1 is 1.00 bits per heavy atom. The Morgan fingerprint density at radius 2 is 1.62 bits per heavy atom. The lowest BCUT2D eigenvalue weighted by Gasteiger charge is -2.27. The lowest BCUT2D eigenvalue weighted by Crippen LogP contribution is -2.49. The maximum atomic E-state index is 12.8. The molecule has 1 amide bonds. The molecule has 0 radical (unpaired) electrons. The van der Waals surface area contributed by atoms with Crippen LogP contribution in [0.5, 0.6) is 0 Å². The van der Waals surface area contributed by atoms with Gasteiger partial charge in [0.1, 0.15) is 6.04 Å². The number of sulfonamides is 1. The number of morpholine rings is 1. The van der Waals surface area contributed by atoms with Crippen LogP contribution in [-0.2, 0) is 26.0 Å². The summed E-state index contributed by atoms with van der Waals surface area (Å²) in [6.07, 6.45) is 0.274. The highest BCUT2D eigenvalue weighted by molar-refractivity contribution is 7.89. The van der Waals surface area contributed by atoms with Crippen molar-refractivity contribution in [2.75, 3.05) is 39.4 Å². The first kappa shape index (κ1) is 21.4. The minimum absolute atomic E-state index is 0.138. The van der Waals surface area contributed by atoms with E-state index in [4.69, 9.17) is 4.74 Å². The summed E-state index contributed by atoms with van der Waals surface area (Å²) >= 11 is 0. The van der Waals surface area contributed by atoms with E-state index in [1.807, 2.05) is 30.3 Å². The first-order valence-electron chi connectivity index (χ1n) is 9.74. The fraction of sp³-hybridized carbons (Fsp3) is 0.381. The van der Waals surface area contributed by atoms with Crippen molar-refractivity contribution in [1.29, 1.82) is 0 Å². The average molecular weight is 418 g/mol. The van der Waals surface area contributed by atoms with E-state index < -0.39 is 16.1 Å². The van der Waals surface area contributed by atoms with E-state index in [1.54, 1.807) is 18.2 Å². The molecule has 29 heavy (non-hydrogen) atoms. The third-order valence-corrected chi connectivity index (χ3v) is 6.27. The minimum Gasteiger partial charge on any atom is -0.379 e. The van der Waals surface area contributed by atoms with Crippen LogP contribution in [0.2, 0.25) is 0 Å². The molecule has 0 aliphatic carbocycles. The number of rotatable bonds is 9. The van der Waals surface area contributed by atoms with E-state index in [0.29, 0.717) is 26.3 Å². The highest BCUT2D eigenvalue weighted by Gasteiger charge is 2.26. The summed E-state index contributed by atoms with van der Waals surface area (Å²) in [7, 11) is -3.81. The summed E-state index contributed by atoms with van der Waals surface area (Å²) in [6.45, 7) is 4.23. The Morgan fingerprint density at radius 3 is 2.28 bits per heavy atom. The molecule has 0 unspecified atom stereocenters. The molecule has 156 valence electrons. The summed E-state index contributed by atoms with van der Waals surface area (Å²) < 4.78 is 33.4. The molecule has 2 aromatic carbocycles. The first-order valence-corrected chi connectivity index (χ1v) is 11.2. The molecule has 0 bridgehead atoms. The Hall–Kier alpha value is -2.26. The van der Waals surface area contributed by atoms with Gasteiger partial charge >= 0.3 is 0 Å². The Bertz CT molecular complexity index is 869. The number of amides is 1. The highest BCUT2D eigenvalue weighted by atomic mass is 32.2. The molecule has 1 heterocycles. The maximum absolute atomic E-state index is 12.8. The number of ether oxygens (including phenoxy) is 1. The normalized spacial score (nSPS) is 16.3. The second kappa shape index (κ2) is 10.5. The molecule has 3 rings (SSSR count). The number of carbonyl (C=O) groups is 1. The van der Waals surface area contributed by atoms with Crippen LogP contribution in [0.1, 0.15) is 5.56 Å². The van der Waals surface area contributed by atoms with Gasteiger partial charge in [0.05, 0.1) is 18.1 Å². The van der Waals surface area contributed by atoms with Crippen molar-refractivity contribution in [1.82, 2.24) is 14.9 Å². The number of benzene rings is 2. The van der Waals surface area contributed by atoms with Crippen LogP contribution in [-0.4, -0.2) is 64.7 Å². The molecular weight excluding hydrogens is 390 g/mol. The molecule has 2 aromatic rings. The van der Waals surface area contributed by atoms with Gasteiger partial charge in [-0.3, -0.25) is 9.69 Å². The molecule has 1 aliphatic rings. The minimum atomic E-state index is -3.81. The van der Waals surface area contributed by atoms with Gasteiger partial charge in [-0.15, -0.1) is 0 Å². The quantitative estimate of drug-likeness (QED) is 0.636. The predicted molar refractivity (Wildman–Crippen MR) is 111 cm³/mol. The van der Waals surface area contributed by atoms with Crippen LogP contribution >= 0.6 is 0 Å². The van der Waals surface area contributed by atoms with E-state index >= 15 is 0 Å². The Kier molecular flexibility index (Phi) is 7.76. The zero-order chi connectivity index (χ0) is 20.5. The summed E-state index contributed by atoms with van der Waals surface area (Å²) in [5, 5.41) is 2.88. The maximum Gasteiger partial charge on any atom is 0.241 e.